The highest BCUT2D eigenvalue weighted by atomic mass is 14.1. The summed E-state index contributed by atoms with van der Waals surface area (Å²) in [5, 5.41) is 0. The maximum atomic E-state index is 2.26. The monoisotopic (exact) mass is 178 g/mol. The molecule has 0 spiro atoms. The Labute approximate surface area is 84.5 Å². The second-order valence-electron chi connectivity index (χ2n) is 4.22. The molecule has 1 heteroatoms. The van der Waals surface area contributed by atoms with Crippen molar-refractivity contribution in [2.75, 3.05) is 0 Å². The van der Waals surface area contributed by atoms with E-state index in [1.807, 2.05) is 0 Å². The Balaban J connectivity index is 4.99. The molecule has 0 aromatic heterocycles. The Hall–Kier alpha value is -0.455. The lowest BCUT2D eigenvalue weighted by molar-refractivity contribution is 0.764. The average molecular weight is 178 g/mol. The van der Waals surface area contributed by atoms with Crippen molar-refractivity contribution in [3.8, 4) is 0 Å². The Kier molecular flexibility index (Phi) is 5.13. The van der Waals surface area contributed by atoms with Gasteiger partial charge in [-0.25, -0.2) is 0 Å². The first-order chi connectivity index (χ1) is 5.91. The smallest absolute Gasteiger partial charge is 0.0870 e. The standard InChI is InChI=1S/C12H23B/c1-7-9(4)11(6)12(13)10(5)8(2)3/h8H,7,13H2,1-6H3/b11-9+,12-10+. The van der Waals surface area contributed by atoms with Crippen LogP contribution < -0.4 is 0 Å². The fourth-order valence-electron chi connectivity index (χ4n) is 1.31. The molecule has 0 N–H and O–H groups in total. The summed E-state index contributed by atoms with van der Waals surface area (Å²) in [5.41, 5.74) is 5.99. The first kappa shape index (κ1) is 12.5. The third-order valence-electron chi connectivity index (χ3n) is 3.19. The fourth-order valence-corrected chi connectivity index (χ4v) is 1.31. The second-order valence-corrected chi connectivity index (χ2v) is 4.22. The molecule has 74 valence electrons. The molecule has 0 rings (SSSR count). The molecule has 0 aliphatic heterocycles. The molecule has 0 atom stereocenters. The van der Waals surface area contributed by atoms with Crippen molar-refractivity contribution in [3.63, 3.8) is 0 Å². The zero-order valence-corrected chi connectivity index (χ0v) is 10.3. The first-order valence-corrected chi connectivity index (χ1v) is 5.25. The summed E-state index contributed by atoms with van der Waals surface area (Å²) >= 11 is 0. The zero-order chi connectivity index (χ0) is 10.6. The molecule has 13 heavy (non-hydrogen) atoms. The Morgan fingerprint density at radius 1 is 1.15 bits per heavy atom. The van der Waals surface area contributed by atoms with Crippen LogP contribution >= 0.6 is 0 Å². The van der Waals surface area contributed by atoms with Crippen LogP contribution in [0.15, 0.2) is 22.2 Å². The largest absolute Gasteiger partial charge is 0.139 e. The van der Waals surface area contributed by atoms with E-state index in [0.717, 1.165) is 6.42 Å². The molecule has 0 saturated heterocycles. The summed E-state index contributed by atoms with van der Waals surface area (Å²) in [5.74, 6) is 0.666. The predicted molar refractivity (Wildman–Crippen MR) is 64.7 cm³/mol. The van der Waals surface area contributed by atoms with Crippen LogP contribution in [0, 0.1) is 5.92 Å². The van der Waals surface area contributed by atoms with E-state index in [-0.39, 0.29) is 0 Å². The van der Waals surface area contributed by atoms with Crippen LogP contribution in [-0.2, 0) is 0 Å². The maximum Gasteiger partial charge on any atom is 0.139 e. The Bertz CT molecular complexity index is 232. The molecule has 0 bridgehead atoms. The molecule has 0 unspecified atom stereocenters. The summed E-state index contributed by atoms with van der Waals surface area (Å²) in [6.07, 6.45) is 1.16. The molecule has 0 aliphatic rings. The summed E-state index contributed by atoms with van der Waals surface area (Å²) in [6.45, 7) is 13.4. The van der Waals surface area contributed by atoms with Crippen molar-refractivity contribution >= 4 is 7.85 Å². The van der Waals surface area contributed by atoms with Gasteiger partial charge in [0.05, 0.1) is 0 Å². The van der Waals surface area contributed by atoms with E-state index in [1.165, 1.54) is 22.2 Å². The summed E-state index contributed by atoms with van der Waals surface area (Å²) in [4.78, 5) is 0. The zero-order valence-electron chi connectivity index (χ0n) is 10.3. The van der Waals surface area contributed by atoms with Crippen LogP contribution in [0.25, 0.3) is 0 Å². The predicted octanol–water partition coefficient (Wildman–Crippen LogP) is 3.30. The van der Waals surface area contributed by atoms with Crippen molar-refractivity contribution < 1.29 is 0 Å². The van der Waals surface area contributed by atoms with Gasteiger partial charge in [0.1, 0.15) is 7.85 Å². The van der Waals surface area contributed by atoms with Crippen LogP contribution in [-0.4, -0.2) is 7.85 Å². The first-order valence-electron chi connectivity index (χ1n) is 5.25. The van der Waals surface area contributed by atoms with Gasteiger partial charge in [-0.15, -0.1) is 0 Å². The van der Waals surface area contributed by atoms with E-state index in [4.69, 9.17) is 0 Å². The molecule has 0 nitrogen and oxygen atoms in total. The third-order valence-corrected chi connectivity index (χ3v) is 3.19. The Morgan fingerprint density at radius 2 is 1.62 bits per heavy atom. The number of hydrogen-bond acceptors (Lipinski definition) is 0. The Morgan fingerprint density at radius 3 is 1.92 bits per heavy atom. The fraction of sp³-hybridized carbons (Fsp3) is 0.667. The van der Waals surface area contributed by atoms with Gasteiger partial charge >= 0.3 is 0 Å². The molecule has 0 radical (unpaired) electrons. The summed E-state index contributed by atoms with van der Waals surface area (Å²) in [7, 11) is 2.24. The molecule has 0 fully saturated rings. The highest BCUT2D eigenvalue weighted by Gasteiger charge is 2.04. The van der Waals surface area contributed by atoms with Crippen LogP contribution in [0.2, 0.25) is 0 Å². The summed E-state index contributed by atoms with van der Waals surface area (Å²) < 4.78 is 0. The van der Waals surface area contributed by atoms with Gasteiger partial charge in [-0.2, -0.15) is 0 Å². The molecule has 0 aromatic rings. The average Bonchev–Trinajstić information content (AvgIpc) is 2.12. The van der Waals surface area contributed by atoms with Gasteiger partial charge < -0.3 is 0 Å². The normalized spacial score (nSPS) is 15.6. The molecular formula is C12H23B. The lowest BCUT2D eigenvalue weighted by Gasteiger charge is -2.14. The van der Waals surface area contributed by atoms with Gasteiger partial charge in [0.2, 0.25) is 0 Å². The van der Waals surface area contributed by atoms with Crippen LogP contribution in [0.4, 0.5) is 0 Å². The minimum absolute atomic E-state index is 0.666. The molecule has 0 aliphatic carbocycles. The van der Waals surface area contributed by atoms with Gasteiger partial charge in [-0.1, -0.05) is 43.0 Å². The van der Waals surface area contributed by atoms with Crippen molar-refractivity contribution in [2.45, 2.75) is 48.0 Å². The van der Waals surface area contributed by atoms with Gasteiger partial charge in [0.15, 0.2) is 0 Å². The topological polar surface area (TPSA) is 0 Å². The summed E-state index contributed by atoms with van der Waals surface area (Å²) in [6, 6.07) is 0. The highest BCUT2D eigenvalue weighted by Crippen LogP contribution is 2.21. The molecule has 0 saturated carbocycles. The van der Waals surface area contributed by atoms with Gasteiger partial charge in [0.25, 0.3) is 0 Å². The number of rotatable bonds is 3. The molecule has 0 aromatic carbocycles. The van der Waals surface area contributed by atoms with Gasteiger partial charge in [-0.3, -0.25) is 0 Å². The molecular weight excluding hydrogens is 155 g/mol. The van der Waals surface area contributed by atoms with Crippen LogP contribution in [0.5, 0.6) is 0 Å². The van der Waals surface area contributed by atoms with E-state index in [0.29, 0.717) is 5.92 Å². The third kappa shape index (κ3) is 3.42. The molecule has 0 amide bonds. The van der Waals surface area contributed by atoms with Crippen molar-refractivity contribution in [1.82, 2.24) is 0 Å². The minimum Gasteiger partial charge on any atom is -0.0870 e. The van der Waals surface area contributed by atoms with Crippen molar-refractivity contribution in [2.24, 2.45) is 5.92 Å². The van der Waals surface area contributed by atoms with Crippen LogP contribution in [0.1, 0.15) is 48.0 Å². The van der Waals surface area contributed by atoms with Crippen molar-refractivity contribution in [3.05, 3.63) is 22.2 Å². The van der Waals surface area contributed by atoms with Gasteiger partial charge in [0, 0.05) is 0 Å². The van der Waals surface area contributed by atoms with E-state index >= 15 is 0 Å². The van der Waals surface area contributed by atoms with Crippen molar-refractivity contribution in [1.29, 1.82) is 0 Å². The van der Waals surface area contributed by atoms with E-state index in [1.54, 1.807) is 0 Å². The van der Waals surface area contributed by atoms with E-state index in [2.05, 4.69) is 49.4 Å². The lowest BCUT2D eigenvalue weighted by atomic mass is 9.79. The van der Waals surface area contributed by atoms with Crippen LogP contribution in [0.3, 0.4) is 0 Å². The lowest BCUT2D eigenvalue weighted by Crippen LogP contribution is -1.99. The SMILES string of the molecule is BC(=C(\C)C(C)C)/C(C)=C(\C)CC. The molecule has 0 heterocycles. The van der Waals surface area contributed by atoms with E-state index < -0.39 is 0 Å². The number of hydrogen-bond donors (Lipinski definition) is 0. The van der Waals surface area contributed by atoms with E-state index in [9.17, 15) is 0 Å². The highest BCUT2D eigenvalue weighted by molar-refractivity contribution is 6.24. The number of allylic oxidation sites excluding steroid dienone is 4. The minimum atomic E-state index is 0.666. The quantitative estimate of drug-likeness (QED) is 0.459. The van der Waals surface area contributed by atoms with Gasteiger partial charge in [-0.05, 0) is 33.1 Å². The second kappa shape index (κ2) is 5.31. The maximum absolute atomic E-state index is 2.26.